The average Bonchev–Trinajstić information content (AvgIpc) is 2.10. The van der Waals surface area contributed by atoms with Crippen LogP contribution in [0.15, 0.2) is 32.3 Å². The summed E-state index contributed by atoms with van der Waals surface area (Å²) in [5.74, 6) is 0. The summed E-state index contributed by atoms with van der Waals surface area (Å²) in [6.07, 6.45) is 0. The normalized spacial score (nSPS) is 11.5. The molecule has 0 bridgehead atoms. The van der Waals surface area contributed by atoms with Crippen molar-refractivity contribution in [3.8, 4) is 0 Å². The molecule has 0 aromatic heterocycles. The van der Waals surface area contributed by atoms with Crippen molar-refractivity contribution in [2.24, 2.45) is 5.16 Å². The zero-order chi connectivity index (χ0) is 9.84. The third-order valence-corrected chi connectivity index (χ3v) is 3.45. The molecule has 0 aliphatic rings. The molecule has 0 saturated carbocycles. The van der Waals surface area contributed by atoms with Crippen molar-refractivity contribution in [1.82, 2.24) is 0 Å². The van der Waals surface area contributed by atoms with Crippen LogP contribution in [-0.4, -0.2) is 12.8 Å². The zero-order valence-electron chi connectivity index (χ0n) is 7.34. The maximum atomic E-state index is 4.69. The number of hydrogen-bond donors (Lipinski definition) is 0. The van der Waals surface area contributed by atoms with Crippen LogP contribution in [0, 0.1) is 0 Å². The van der Waals surface area contributed by atoms with Crippen LogP contribution in [0.3, 0.4) is 0 Å². The van der Waals surface area contributed by atoms with Gasteiger partial charge in [-0.3, -0.25) is 0 Å². The lowest BCUT2D eigenvalue weighted by Gasteiger charge is -2.01. The topological polar surface area (TPSA) is 21.6 Å². The second kappa shape index (κ2) is 4.77. The van der Waals surface area contributed by atoms with E-state index in [0.717, 1.165) is 20.2 Å². The van der Waals surface area contributed by atoms with Gasteiger partial charge in [0.05, 0.1) is 5.71 Å². The highest BCUT2D eigenvalue weighted by Gasteiger charge is 2.01. The van der Waals surface area contributed by atoms with Crippen LogP contribution in [0.5, 0.6) is 0 Å². The lowest BCUT2D eigenvalue weighted by molar-refractivity contribution is 0.213. The number of hydrogen-bond acceptors (Lipinski definition) is 2. The maximum Gasteiger partial charge on any atom is 0.106 e. The van der Waals surface area contributed by atoms with Crippen molar-refractivity contribution < 1.29 is 4.84 Å². The zero-order valence-corrected chi connectivity index (χ0v) is 10.5. The molecule has 4 heteroatoms. The van der Waals surface area contributed by atoms with Gasteiger partial charge in [0.2, 0.25) is 0 Å². The van der Waals surface area contributed by atoms with Crippen LogP contribution in [0.25, 0.3) is 0 Å². The van der Waals surface area contributed by atoms with Gasteiger partial charge in [0, 0.05) is 14.5 Å². The number of oxime groups is 1. The van der Waals surface area contributed by atoms with Gasteiger partial charge in [-0.1, -0.05) is 11.2 Å². The molecule has 0 fully saturated rings. The molecule has 0 atom stereocenters. The molecular formula is C9H9Br2NO. The van der Waals surface area contributed by atoms with Crippen molar-refractivity contribution in [1.29, 1.82) is 0 Å². The number of rotatable bonds is 2. The van der Waals surface area contributed by atoms with Gasteiger partial charge in [-0.15, -0.1) is 0 Å². The minimum Gasteiger partial charge on any atom is -0.399 e. The second-order valence-corrected chi connectivity index (χ2v) is 4.20. The monoisotopic (exact) mass is 305 g/mol. The quantitative estimate of drug-likeness (QED) is 0.604. The fraction of sp³-hybridized carbons (Fsp3) is 0.222. The molecule has 1 aromatic carbocycles. The molecular weight excluding hydrogens is 298 g/mol. The van der Waals surface area contributed by atoms with E-state index in [2.05, 4.69) is 41.9 Å². The van der Waals surface area contributed by atoms with Crippen molar-refractivity contribution in [2.45, 2.75) is 6.92 Å². The molecule has 1 aromatic rings. The molecule has 1 rings (SSSR count). The second-order valence-electron chi connectivity index (χ2n) is 2.49. The highest BCUT2D eigenvalue weighted by molar-refractivity contribution is 9.13. The Morgan fingerprint density at radius 1 is 1.31 bits per heavy atom. The Hall–Kier alpha value is -0.350. The number of halogens is 2. The maximum absolute atomic E-state index is 4.69. The SMILES string of the molecule is CO/N=C(\C)c1ccc(Br)c(Br)c1. The molecule has 0 radical (unpaired) electrons. The summed E-state index contributed by atoms with van der Waals surface area (Å²) in [5, 5.41) is 3.85. The summed E-state index contributed by atoms with van der Waals surface area (Å²) in [6.45, 7) is 1.90. The van der Waals surface area contributed by atoms with Gasteiger partial charge in [-0.25, -0.2) is 0 Å². The van der Waals surface area contributed by atoms with Crippen LogP contribution >= 0.6 is 31.9 Å². The Kier molecular flexibility index (Phi) is 3.93. The largest absolute Gasteiger partial charge is 0.399 e. The van der Waals surface area contributed by atoms with Crippen molar-refractivity contribution in [3.63, 3.8) is 0 Å². The number of nitrogens with zero attached hydrogens (tertiary/aromatic N) is 1. The van der Waals surface area contributed by atoms with Gasteiger partial charge in [-0.05, 0) is 50.9 Å². The smallest absolute Gasteiger partial charge is 0.106 e. The van der Waals surface area contributed by atoms with Gasteiger partial charge in [0.1, 0.15) is 7.11 Å². The Labute approximate surface area is 94.2 Å². The van der Waals surface area contributed by atoms with E-state index in [9.17, 15) is 0 Å². The Morgan fingerprint density at radius 3 is 2.54 bits per heavy atom. The third-order valence-electron chi connectivity index (χ3n) is 1.57. The predicted molar refractivity (Wildman–Crippen MR) is 61.1 cm³/mol. The van der Waals surface area contributed by atoms with Gasteiger partial charge in [0.15, 0.2) is 0 Å². The molecule has 0 aliphatic heterocycles. The first-order chi connectivity index (χ1) is 6.15. The van der Waals surface area contributed by atoms with Crippen LogP contribution in [0.4, 0.5) is 0 Å². The van der Waals surface area contributed by atoms with Crippen molar-refractivity contribution in [3.05, 3.63) is 32.7 Å². The first kappa shape index (κ1) is 10.7. The fourth-order valence-corrected chi connectivity index (χ4v) is 1.54. The van der Waals surface area contributed by atoms with Crippen LogP contribution < -0.4 is 0 Å². The van der Waals surface area contributed by atoms with Gasteiger partial charge >= 0.3 is 0 Å². The van der Waals surface area contributed by atoms with E-state index in [-0.39, 0.29) is 0 Å². The lowest BCUT2D eigenvalue weighted by Crippen LogP contribution is -1.94. The molecule has 2 nitrogen and oxygen atoms in total. The molecule has 0 saturated heterocycles. The summed E-state index contributed by atoms with van der Waals surface area (Å²) < 4.78 is 2.04. The highest BCUT2D eigenvalue weighted by Crippen LogP contribution is 2.23. The highest BCUT2D eigenvalue weighted by atomic mass is 79.9. The van der Waals surface area contributed by atoms with Crippen molar-refractivity contribution >= 4 is 37.6 Å². The standard InChI is InChI=1S/C9H9Br2NO/c1-6(12-13-2)7-3-4-8(10)9(11)5-7/h3-5H,1-2H3/b12-6+. The summed E-state index contributed by atoms with van der Waals surface area (Å²) in [4.78, 5) is 4.69. The van der Waals surface area contributed by atoms with Gasteiger partial charge in [-0.2, -0.15) is 0 Å². The molecule has 0 N–H and O–H groups in total. The van der Waals surface area contributed by atoms with Crippen LogP contribution in [-0.2, 0) is 4.84 Å². The van der Waals surface area contributed by atoms with Crippen LogP contribution in [0.2, 0.25) is 0 Å². The van der Waals surface area contributed by atoms with E-state index in [1.807, 2.05) is 25.1 Å². The molecule has 13 heavy (non-hydrogen) atoms. The lowest BCUT2D eigenvalue weighted by atomic mass is 10.1. The van der Waals surface area contributed by atoms with E-state index in [4.69, 9.17) is 0 Å². The summed E-state index contributed by atoms with van der Waals surface area (Å²) >= 11 is 6.82. The molecule has 0 heterocycles. The minimum absolute atomic E-state index is 0.857. The van der Waals surface area contributed by atoms with Gasteiger partial charge in [0.25, 0.3) is 0 Å². The Balaban J connectivity index is 3.04. The molecule has 0 amide bonds. The average molecular weight is 307 g/mol. The minimum atomic E-state index is 0.857. The molecule has 0 aliphatic carbocycles. The first-order valence-corrected chi connectivity index (χ1v) is 5.27. The number of benzene rings is 1. The van der Waals surface area contributed by atoms with E-state index in [1.165, 1.54) is 7.11 Å². The van der Waals surface area contributed by atoms with E-state index >= 15 is 0 Å². The third kappa shape index (κ3) is 2.81. The summed E-state index contributed by atoms with van der Waals surface area (Å²) in [7, 11) is 1.54. The summed E-state index contributed by atoms with van der Waals surface area (Å²) in [5.41, 5.74) is 1.90. The molecule has 70 valence electrons. The fourth-order valence-electron chi connectivity index (χ4n) is 0.911. The van der Waals surface area contributed by atoms with E-state index in [1.54, 1.807) is 0 Å². The molecule has 0 spiro atoms. The Bertz CT molecular complexity index is 336. The van der Waals surface area contributed by atoms with E-state index < -0.39 is 0 Å². The predicted octanol–water partition coefficient (Wildman–Crippen LogP) is 3.58. The molecule has 0 unspecified atom stereocenters. The Morgan fingerprint density at radius 2 is 2.00 bits per heavy atom. The van der Waals surface area contributed by atoms with Gasteiger partial charge < -0.3 is 4.84 Å². The summed E-state index contributed by atoms with van der Waals surface area (Å²) in [6, 6.07) is 5.93. The van der Waals surface area contributed by atoms with Crippen LogP contribution in [0.1, 0.15) is 12.5 Å². The van der Waals surface area contributed by atoms with Crippen molar-refractivity contribution in [2.75, 3.05) is 7.11 Å². The first-order valence-electron chi connectivity index (χ1n) is 3.68. The van der Waals surface area contributed by atoms with E-state index in [0.29, 0.717) is 0 Å².